The van der Waals surface area contributed by atoms with Gasteiger partial charge in [0, 0.05) is 18.0 Å². The van der Waals surface area contributed by atoms with E-state index in [1.54, 1.807) is 26.5 Å². The second kappa shape index (κ2) is 8.88. The number of hydrogen-bond acceptors (Lipinski definition) is 8. The van der Waals surface area contributed by atoms with Crippen molar-refractivity contribution in [2.24, 2.45) is 0 Å². The normalized spacial score (nSPS) is 15.8. The van der Waals surface area contributed by atoms with E-state index in [-0.39, 0.29) is 11.9 Å². The Hall–Kier alpha value is -2.18. The Bertz CT molecular complexity index is 880. The van der Waals surface area contributed by atoms with Gasteiger partial charge in [-0.15, -0.1) is 11.4 Å². The second-order valence-corrected chi connectivity index (χ2v) is 10.9. The number of aromatic nitrogens is 1. The molecule has 1 aliphatic heterocycles. The number of hydrogen-bond donors (Lipinski definition) is 2. The van der Waals surface area contributed by atoms with Gasteiger partial charge in [0.15, 0.2) is 11.5 Å². The molecule has 0 amide bonds. The summed E-state index contributed by atoms with van der Waals surface area (Å²) in [7, 11) is 4.16. The first-order chi connectivity index (χ1) is 13.5. The van der Waals surface area contributed by atoms with Crippen LogP contribution in [-0.2, 0) is 10.5 Å². The number of carbonyl (C=O) groups excluding carboxylic acids is 1. The molecule has 2 unspecified atom stereocenters. The molecular formula is C19H24N3O4PS. The number of pyridine rings is 1. The number of anilines is 2. The summed E-state index contributed by atoms with van der Waals surface area (Å²) in [6.07, 6.45) is 1.73. The van der Waals surface area contributed by atoms with E-state index in [0.717, 1.165) is 22.6 Å². The molecule has 1 aliphatic rings. The van der Waals surface area contributed by atoms with Gasteiger partial charge in [-0.3, -0.25) is 4.98 Å². The first-order valence-electron chi connectivity index (χ1n) is 8.66. The molecule has 3 rings (SSSR count). The molecule has 2 atom stereocenters. The van der Waals surface area contributed by atoms with Gasteiger partial charge < -0.3 is 24.8 Å². The average molecular weight is 421 g/mol. The summed E-state index contributed by atoms with van der Waals surface area (Å²) >= 11 is 1.82. The van der Waals surface area contributed by atoms with Gasteiger partial charge in [0.05, 0.1) is 44.0 Å². The highest BCUT2D eigenvalue weighted by Gasteiger charge is 2.27. The lowest BCUT2D eigenvalue weighted by Gasteiger charge is -2.21. The molecule has 1 aromatic heterocycles. The van der Waals surface area contributed by atoms with Crippen molar-refractivity contribution in [1.29, 1.82) is 0 Å². The highest BCUT2D eigenvalue weighted by molar-refractivity contribution is 8.55. The minimum absolute atomic E-state index is 0.0962. The molecule has 1 aromatic carbocycles. The van der Waals surface area contributed by atoms with Crippen LogP contribution in [-0.4, -0.2) is 44.9 Å². The fourth-order valence-electron chi connectivity index (χ4n) is 2.98. The van der Waals surface area contributed by atoms with Crippen molar-refractivity contribution in [3.05, 3.63) is 41.2 Å². The number of nitrogens with one attached hydrogen (secondary N) is 2. The smallest absolute Gasteiger partial charge is 0.338 e. The minimum Gasteiger partial charge on any atom is -0.493 e. The number of benzene rings is 1. The van der Waals surface area contributed by atoms with E-state index in [4.69, 9.17) is 14.2 Å². The maximum atomic E-state index is 11.9. The third-order valence-electron chi connectivity index (χ3n) is 4.49. The van der Waals surface area contributed by atoms with Crippen LogP contribution in [0.15, 0.2) is 24.4 Å². The number of aryl methyl sites for hydroxylation is 1. The van der Waals surface area contributed by atoms with Gasteiger partial charge in [-0.05, 0) is 38.4 Å². The van der Waals surface area contributed by atoms with E-state index in [9.17, 15) is 4.79 Å². The number of esters is 1. The largest absolute Gasteiger partial charge is 0.493 e. The van der Waals surface area contributed by atoms with Crippen LogP contribution in [0.3, 0.4) is 0 Å². The molecule has 0 aliphatic carbocycles. The monoisotopic (exact) mass is 421 g/mol. The zero-order chi connectivity index (χ0) is 20.3. The standard InChI is InChI=1S/C19H24N3O4PS/c1-11-8-13-14(9-12(11)18(23)26-4)22-19(21-13)27(5)28-10-15-17(25-3)16(24-2)6-7-20-15/h6-9,19,21-22H,10H2,1-5H3. The highest BCUT2D eigenvalue weighted by Crippen LogP contribution is 2.55. The Morgan fingerprint density at radius 1 is 1.21 bits per heavy atom. The summed E-state index contributed by atoms with van der Waals surface area (Å²) in [6.45, 7) is 4.11. The van der Waals surface area contributed by atoms with Crippen LogP contribution in [0.2, 0.25) is 0 Å². The Morgan fingerprint density at radius 2 is 1.93 bits per heavy atom. The number of rotatable bonds is 7. The van der Waals surface area contributed by atoms with E-state index < -0.39 is 7.12 Å². The number of methoxy groups -OCH3 is 3. The van der Waals surface area contributed by atoms with E-state index in [1.165, 1.54) is 7.11 Å². The predicted molar refractivity (Wildman–Crippen MR) is 115 cm³/mol. The maximum Gasteiger partial charge on any atom is 0.338 e. The first kappa shape index (κ1) is 20.6. The fourth-order valence-corrected chi connectivity index (χ4v) is 6.04. The lowest BCUT2D eigenvalue weighted by atomic mass is 10.1. The van der Waals surface area contributed by atoms with Gasteiger partial charge in [-0.25, -0.2) is 4.79 Å². The summed E-state index contributed by atoms with van der Waals surface area (Å²) in [6, 6.07) is 5.62. The zero-order valence-electron chi connectivity index (χ0n) is 16.5. The molecule has 0 spiro atoms. The molecule has 150 valence electrons. The Labute approximate surface area is 170 Å². The summed E-state index contributed by atoms with van der Waals surface area (Å²) in [5, 5.41) is 7.00. The Balaban J connectivity index is 1.68. The number of carbonyl (C=O) groups is 1. The van der Waals surface area contributed by atoms with Crippen molar-refractivity contribution < 1.29 is 19.0 Å². The third-order valence-corrected chi connectivity index (χ3v) is 8.53. The van der Waals surface area contributed by atoms with E-state index in [0.29, 0.717) is 22.8 Å². The van der Waals surface area contributed by atoms with Crippen LogP contribution in [0.4, 0.5) is 11.4 Å². The minimum atomic E-state index is -0.479. The second-order valence-electron chi connectivity index (χ2n) is 6.21. The number of fused-ring (bicyclic) bond motifs is 1. The summed E-state index contributed by atoms with van der Waals surface area (Å²) in [4.78, 5) is 16.4. The molecular weight excluding hydrogens is 397 g/mol. The molecule has 2 aromatic rings. The van der Waals surface area contributed by atoms with Gasteiger partial charge in [0.1, 0.15) is 5.91 Å². The van der Waals surface area contributed by atoms with Gasteiger partial charge >= 0.3 is 5.97 Å². The first-order valence-corrected chi connectivity index (χ1v) is 12.1. The summed E-state index contributed by atoms with van der Waals surface area (Å²) in [5.74, 6) is 1.85. The highest BCUT2D eigenvalue weighted by atomic mass is 32.7. The van der Waals surface area contributed by atoms with Crippen LogP contribution >= 0.6 is 18.5 Å². The molecule has 0 fully saturated rings. The van der Waals surface area contributed by atoms with E-state index >= 15 is 0 Å². The molecule has 0 saturated carbocycles. The van der Waals surface area contributed by atoms with Crippen molar-refractivity contribution in [2.45, 2.75) is 18.6 Å². The lowest BCUT2D eigenvalue weighted by molar-refractivity contribution is 0.0600. The molecule has 2 N–H and O–H groups in total. The lowest BCUT2D eigenvalue weighted by Crippen LogP contribution is -2.18. The van der Waals surface area contributed by atoms with Crippen LogP contribution in [0.1, 0.15) is 21.6 Å². The molecule has 2 heterocycles. The average Bonchev–Trinajstić information content (AvgIpc) is 3.13. The van der Waals surface area contributed by atoms with E-state index in [1.807, 2.05) is 30.4 Å². The van der Waals surface area contributed by atoms with Crippen molar-refractivity contribution in [3.63, 3.8) is 0 Å². The zero-order valence-corrected chi connectivity index (χ0v) is 18.2. The quantitative estimate of drug-likeness (QED) is 0.507. The maximum absolute atomic E-state index is 11.9. The molecule has 7 nitrogen and oxygen atoms in total. The number of nitrogens with zero attached hydrogens (tertiary/aromatic N) is 1. The van der Waals surface area contributed by atoms with Gasteiger partial charge in [0.25, 0.3) is 0 Å². The SMILES string of the molecule is COC(=O)c1cc2c(cc1C)NC(P(C)SCc1nccc(OC)c1OC)N2. The summed E-state index contributed by atoms with van der Waals surface area (Å²) in [5.41, 5.74) is 4.25. The van der Waals surface area contributed by atoms with Gasteiger partial charge in [0.2, 0.25) is 0 Å². The number of ether oxygens (including phenoxy) is 3. The van der Waals surface area contributed by atoms with Crippen molar-refractivity contribution >= 4 is 35.8 Å². The van der Waals surface area contributed by atoms with Gasteiger partial charge in [-0.1, -0.05) is 0 Å². The van der Waals surface area contributed by atoms with Gasteiger partial charge in [-0.2, -0.15) is 0 Å². The summed E-state index contributed by atoms with van der Waals surface area (Å²) < 4.78 is 15.7. The molecule has 0 bridgehead atoms. The van der Waals surface area contributed by atoms with Crippen LogP contribution in [0.5, 0.6) is 11.5 Å². The third kappa shape index (κ3) is 4.13. The van der Waals surface area contributed by atoms with E-state index in [2.05, 4.69) is 22.3 Å². The van der Waals surface area contributed by atoms with Crippen molar-refractivity contribution in [3.8, 4) is 11.5 Å². The molecule has 0 saturated heterocycles. The molecule has 28 heavy (non-hydrogen) atoms. The van der Waals surface area contributed by atoms with Crippen molar-refractivity contribution in [1.82, 2.24) is 4.98 Å². The van der Waals surface area contributed by atoms with Crippen LogP contribution in [0, 0.1) is 6.92 Å². The Kier molecular flexibility index (Phi) is 6.52. The van der Waals surface area contributed by atoms with Crippen LogP contribution in [0.25, 0.3) is 0 Å². The predicted octanol–water partition coefficient (Wildman–Crippen LogP) is 4.27. The topological polar surface area (TPSA) is 81.7 Å². The fraction of sp³-hybridized carbons (Fsp3) is 0.368. The molecule has 0 radical (unpaired) electrons. The molecule has 9 heteroatoms. The van der Waals surface area contributed by atoms with Crippen molar-refractivity contribution in [2.75, 3.05) is 38.6 Å². The van der Waals surface area contributed by atoms with Crippen LogP contribution < -0.4 is 20.1 Å². The Morgan fingerprint density at radius 3 is 2.57 bits per heavy atom.